The molecule has 0 bridgehead atoms. The van der Waals surface area contributed by atoms with Crippen LogP contribution in [0, 0.1) is 0 Å². The summed E-state index contributed by atoms with van der Waals surface area (Å²) < 4.78 is 14.7. The molecule has 0 spiro atoms. The van der Waals surface area contributed by atoms with Gasteiger partial charge in [-0.2, -0.15) is 0 Å². The predicted molar refractivity (Wildman–Crippen MR) is 32.6 cm³/mol. The lowest BCUT2D eigenvalue weighted by molar-refractivity contribution is -0.143. The number of hydrogen-bond donors (Lipinski definition) is 0. The molecule has 58 valence electrons. The zero-order chi connectivity index (χ0) is 7.40. The number of ether oxygens (including phenoxy) is 3. The molecule has 10 heavy (non-hydrogen) atoms. The van der Waals surface area contributed by atoms with Gasteiger partial charge in [-0.1, -0.05) is 0 Å². The fourth-order valence-corrected chi connectivity index (χ4v) is 0.681. The van der Waals surface area contributed by atoms with Crippen molar-refractivity contribution in [3.63, 3.8) is 0 Å². The second-order valence-corrected chi connectivity index (χ2v) is 2.03. The van der Waals surface area contributed by atoms with Crippen LogP contribution in [0.1, 0.15) is 0 Å². The number of Topliss-reactive ketones (excluding diaryl/α,β-unsaturated/α-hetero) is 1. The van der Waals surface area contributed by atoms with Gasteiger partial charge in [-0.3, -0.25) is 4.79 Å². The van der Waals surface area contributed by atoms with Crippen molar-refractivity contribution in [2.45, 2.75) is 6.29 Å². The lowest BCUT2D eigenvalue weighted by atomic mass is 10.5. The van der Waals surface area contributed by atoms with Crippen LogP contribution < -0.4 is 0 Å². The minimum atomic E-state index is -0.383. The maximum atomic E-state index is 10.6. The van der Waals surface area contributed by atoms with Crippen LogP contribution in [0.2, 0.25) is 0 Å². The molecular weight excluding hydrogens is 136 g/mol. The largest absolute Gasteiger partial charge is 0.368 e. The Bertz CT molecular complexity index is 123. The molecule has 4 nitrogen and oxygen atoms in total. The number of carbonyl (C=O) groups is 1. The number of rotatable bonds is 1. The maximum Gasteiger partial charge on any atom is 0.184 e. The molecule has 0 amide bonds. The van der Waals surface area contributed by atoms with E-state index < -0.39 is 0 Å². The molecule has 1 atom stereocenters. The molecular formula is C6H10O4. The Morgan fingerprint density at radius 1 is 1.60 bits per heavy atom. The first-order valence-electron chi connectivity index (χ1n) is 3.07. The molecule has 1 aliphatic rings. The second-order valence-electron chi connectivity index (χ2n) is 2.03. The second kappa shape index (κ2) is 3.65. The van der Waals surface area contributed by atoms with E-state index in [-0.39, 0.29) is 25.3 Å². The van der Waals surface area contributed by atoms with Crippen LogP contribution in [0.4, 0.5) is 0 Å². The summed E-state index contributed by atoms with van der Waals surface area (Å²) in [6.45, 7) is 0.570. The third-order valence-corrected chi connectivity index (χ3v) is 1.21. The zero-order valence-corrected chi connectivity index (χ0v) is 5.83. The van der Waals surface area contributed by atoms with E-state index in [2.05, 4.69) is 0 Å². The average molecular weight is 146 g/mol. The number of hydrogen-bond acceptors (Lipinski definition) is 4. The zero-order valence-electron chi connectivity index (χ0n) is 5.83. The summed E-state index contributed by atoms with van der Waals surface area (Å²) in [7, 11) is 1.52. The summed E-state index contributed by atoms with van der Waals surface area (Å²) >= 11 is 0. The molecule has 0 aromatic rings. The molecule has 0 aliphatic carbocycles. The number of methoxy groups -OCH3 is 1. The van der Waals surface area contributed by atoms with Crippen molar-refractivity contribution in [2.24, 2.45) is 0 Å². The van der Waals surface area contributed by atoms with Crippen molar-refractivity contribution in [3.8, 4) is 0 Å². The van der Waals surface area contributed by atoms with E-state index in [0.717, 1.165) is 0 Å². The van der Waals surface area contributed by atoms with Crippen LogP contribution in [-0.4, -0.2) is 39.0 Å². The normalized spacial score (nSPS) is 28.1. The highest BCUT2D eigenvalue weighted by Gasteiger charge is 2.15. The highest BCUT2D eigenvalue weighted by Crippen LogP contribution is 1.99. The van der Waals surface area contributed by atoms with Gasteiger partial charge in [0.15, 0.2) is 12.1 Å². The Morgan fingerprint density at radius 2 is 2.40 bits per heavy atom. The molecule has 0 aromatic heterocycles. The molecule has 1 unspecified atom stereocenters. The first kappa shape index (κ1) is 7.65. The van der Waals surface area contributed by atoms with Crippen molar-refractivity contribution in [1.29, 1.82) is 0 Å². The van der Waals surface area contributed by atoms with Crippen molar-refractivity contribution >= 4 is 5.78 Å². The summed E-state index contributed by atoms with van der Waals surface area (Å²) in [6, 6.07) is 0. The molecule has 1 heterocycles. The third-order valence-electron chi connectivity index (χ3n) is 1.21. The Kier molecular flexibility index (Phi) is 2.80. The fraction of sp³-hybridized carbons (Fsp3) is 0.833. The van der Waals surface area contributed by atoms with E-state index in [4.69, 9.17) is 14.2 Å². The third kappa shape index (κ3) is 2.06. The molecule has 0 saturated carbocycles. The number of ketones is 1. The number of carbonyl (C=O) groups excluding carboxylic acids is 1. The van der Waals surface area contributed by atoms with Crippen molar-refractivity contribution in [3.05, 3.63) is 0 Å². The van der Waals surface area contributed by atoms with Gasteiger partial charge in [0.1, 0.15) is 13.2 Å². The molecule has 0 radical (unpaired) electrons. The van der Waals surface area contributed by atoms with Crippen LogP contribution in [0.25, 0.3) is 0 Å². The average Bonchev–Trinajstić information content (AvgIpc) is 2.14. The quantitative estimate of drug-likeness (QED) is 0.503. The Morgan fingerprint density at radius 3 is 3.10 bits per heavy atom. The maximum absolute atomic E-state index is 10.6. The van der Waals surface area contributed by atoms with E-state index in [0.29, 0.717) is 6.61 Å². The van der Waals surface area contributed by atoms with Crippen LogP contribution in [0.3, 0.4) is 0 Å². The molecule has 0 aromatic carbocycles. The van der Waals surface area contributed by atoms with Gasteiger partial charge in [0, 0.05) is 7.11 Å². The van der Waals surface area contributed by atoms with Gasteiger partial charge >= 0.3 is 0 Å². The monoisotopic (exact) mass is 146 g/mol. The highest BCUT2D eigenvalue weighted by molar-refractivity contribution is 5.81. The summed E-state index contributed by atoms with van der Waals surface area (Å²) in [5.74, 6) is -0.0421. The molecule has 4 heteroatoms. The SMILES string of the molecule is COC1COCC(=O)CO1. The summed E-state index contributed by atoms with van der Waals surface area (Å²) in [6.07, 6.45) is -0.383. The van der Waals surface area contributed by atoms with Crippen LogP contribution in [0.5, 0.6) is 0 Å². The van der Waals surface area contributed by atoms with Gasteiger partial charge in [-0.15, -0.1) is 0 Å². The molecule has 1 saturated heterocycles. The van der Waals surface area contributed by atoms with Crippen LogP contribution >= 0.6 is 0 Å². The van der Waals surface area contributed by atoms with E-state index in [1.54, 1.807) is 0 Å². The minimum absolute atomic E-state index is 0.0421. The lowest BCUT2D eigenvalue weighted by Crippen LogP contribution is -2.19. The smallest absolute Gasteiger partial charge is 0.184 e. The van der Waals surface area contributed by atoms with Crippen LogP contribution in [-0.2, 0) is 19.0 Å². The fourth-order valence-electron chi connectivity index (χ4n) is 0.681. The first-order valence-corrected chi connectivity index (χ1v) is 3.07. The summed E-state index contributed by atoms with van der Waals surface area (Å²) in [5, 5.41) is 0. The van der Waals surface area contributed by atoms with E-state index >= 15 is 0 Å². The molecule has 0 N–H and O–H groups in total. The lowest BCUT2D eigenvalue weighted by Gasteiger charge is -2.10. The summed E-state index contributed by atoms with van der Waals surface area (Å²) in [4.78, 5) is 10.6. The van der Waals surface area contributed by atoms with Gasteiger partial charge < -0.3 is 14.2 Å². The Labute approximate surface area is 59.1 Å². The molecule has 1 aliphatic heterocycles. The van der Waals surface area contributed by atoms with Crippen LogP contribution in [0.15, 0.2) is 0 Å². The van der Waals surface area contributed by atoms with Crippen molar-refractivity contribution < 1.29 is 19.0 Å². The van der Waals surface area contributed by atoms with E-state index in [1.807, 2.05) is 0 Å². The standard InChI is InChI=1S/C6H10O4/c1-8-6-4-9-2-5(7)3-10-6/h6H,2-4H2,1H3. The van der Waals surface area contributed by atoms with Gasteiger partial charge in [-0.25, -0.2) is 0 Å². The Hall–Kier alpha value is -0.450. The predicted octanol–water partition coefficient (Wildman–Crippen LogP) is -0.425. The van der Waals surface area contributed by atoms with Gasteiger partial charge in [0.2, 0.25) is 0 Å². The van der Waals surface area contributed by atoms with Gasteiger partial charge in [0.25, 0.3) is 0 Å². The molecule has 1 fully saturated rings. The first-order chi connectivity index (χ1) is 4.83. The minimum Gasteiger partial charge on any atom is -0.368 e. The van der Waals surface area contributed by atoms with Gasteiger partial charge in [0.05, 0.1) is 6.61 Å². The van der Waals surface area contributed by atoms with Gasteiger partial charge in [-0.05, 0) is 0 Å². The van der Waals surface area contributed by atoms with E-state index in [9.17, 15) is 4.79 Å². The topological polar surface area (TPSA) is 44.8 Å². The highest BCUT2D eigenvalue weighted by atomic mass is 16.7. The summed E-state index contributed by atoms with van der Waals surface area (Å²) in [5.41, 5.74) is 0. The Balaban J connectivity index is 2.33. The molecule has 1 rings (SSSR count). The van der Waals surface area contributed by atoms with E-state index in [1.165, 1.54) is 7.11 Å². The van der Waals surface area contributed by atoms with Crippen molar-refractivity contribution in [1.82, 2.24) is 0 Å². The van der Waals surface area contributed by atoms with Crippen molar-refractivity contribution in [2.75, 3.05) is 26.9 Å².